The Morgan fingerprint density at radius 1 is 1.21 bits per heavy atom. The van der Waals surface area contributed by atoms with Crippen LogP contribution in [0.1, 0.15) is 41.0 Å². The molecule has 0 aliphatic carbocycles. The van der Waals surface area contributed by atoms with Gasteiger partial charge in [-0.2, -0.15) is 0 Å². The van der Waals surface area contributed by atoms with Crippen molar-refractivity contribution in [2.45, 2.75) is 47.1 Å². The molecule has 0 aromatic heterocycles. The van der Waals surface area contributed by atoms with Crippen LogP contribution >= 0.6 is 0 Å². The van der Waals surface area contributed by atoms with Crippen LogP contribution in [0, 0.1) is 11.3 Å². The Labute approximate surface area is 89.3 Å². The van der Waals surface area contributed by atoms with E-state index in [1.54, 1.807) is 0 Å². The van der Waals surface area contributed by atoms with Gasteiger partial charge in [-0.1, -0.05) is 34.6 Å². The average Bonchev–Trinajstić information content (AvgIpc) is 2.00. The quantitative estimate of drug-likeness (QED) is 0.738. The molecular formula is C12H27NO. The lowest BCUT2D eigenvalue weighted by molar-refractivity contribution is 0.103. The highest BCUT2D eigenvalue weighted by Crippen LogP contribution is 2.20. The van der Waals surface area contributed by atoms with Gasteiger partial charge >= 0.3 is 0 Å². The van der Waals surface area contributed by atoms with Gasteiger partial charge in [0.25, 0.3) is 0 Å². The fraction of sp³-hybridized carbons (Fsp3) is 1.00. The van der Waals surface area contributed by atoms with Gasteiger partial charge in [0.1, 0.15) is 0 Å². The van der Waals surface area contributed by atoms with Crippen molar-refractivity contribution >= 4 is 0 Å². The summed E-state index contributed by atoms with van der Waals surface area (Å²) in [6.07, 6.45) is 1.17. The highest BCUT2D eigenvalue weighted by molar-refractivity contribution is 4.73. The van der Waals surface area contributed by atoms with Crippen molar-refractivity contribution in [1.29, 1.82) is 0 Å². The van der Waals surface area contributed by atoms with E-state index in [1.165, 1.54) is 6.42 Å². The molecule has 2 nitrogen and oxygen atoms in total. The summed E-state index contributed by atoms with van der Waals surface area (Å²) in [5.74, 6) is 0.518. The highest BCUT2D eigenvalue weighted by Gasteiger charge is 2.19. The summed E-state index contributed by atoms with van der Waals surface area (Å²) in [6.45, 7) is 12.4. The van der Waals surface area contributed by atoms with Crippen LogP contribution in [0.25, 0.3) is 0 Å². The molecule has 0 radical (unpaired) electrons. The molecule has 14 heavy (non-hydrogen) atoms. The van der Waals surface area contributed by atoms with Crippen LogP contribution in [0.2, 0.25) is 0 Å². The van der Waals surface area contributed by atoms with Gasteiger partial charge in [0.15, 0.2) is 0 Å². The second kappa shape index (κ2) is 5.72. The van der Waals surface area contributed by atoms with Crippen molar-refractivity contribution in [1.82, 2.24) is 4.90 Å². The molecule has 0 rings (SSSR count). The predicted octanol–water partition coefficient (Wildman–Crippen LogP) is 2.37. The first-order chi connectivity index (χ1) is 6.28. The fourth-order valence-electron chi connectivity index (χ4n) is 1.54. The van der Waals surface area contributed by atoms with E-state index in [1.807, 2.05) is 0 Å². The summed E-state index contributed by atoms with van der Waals surface area (Å²) in [7, 11) is 2.10. The van der Waals surface area contributed by atoms with Crippen molar-refractivity contribution in [3.8, 4) is 0 Å². The Kier molecular flexibility index (Phi) is 5.68. The zero-order valence-electron chi connectivity index (χ0n) is 10.7. The van der Waals surface area contributed by atoms with Crippen LogP contribution in [-0.2, 0) is 0 Å². The lowest BCUT2D eigenvalue weighted by Crippen LogP contribution is -2.40. The molecular weight excluding hydrogens is 174 g/mol. The van der Waals surface area contributed by atoms with Gasteiger partial charge in [0.2, 0.25) is 0 Å². The molecule has 0 spiro atoms. The summed E-state index contributed by atoms with van der Waals surface area (Å²) >= 11 is 0. The first-order valence-corrected chi connectivity index (χ1v) is 5.59. The summed E-state index contributed by atoms with van der Waals surface area (Å²) in [6, 6.07) is 0.303. The van der Waals surface area contributed by atoms with Gasteiger partial charge in [0, 0.05) is 6.04 Å². The molecule has 86 valence electrons. The lowest BCUT2D eigenvalue weighted by Gasteiger charge is -2.31. The van der Waals surface area contributed by atoms with E-state index in [9.17, 15) is 5.11 Å². The third-order valence-corrected chi connectivity index (χ3v) is 2.74. The van der Waals surface area contributed by atoms with E-state index in [-0.39, 0.29) is 6.61 Å². The number of hydrogen-bond donors (Lipinski definition) is 1. The topological polar surface area (TPSA) is 23.5 Å². The third kappa shape index (κ3) is 5.61. The molecule has 2 heteroatoms. The second-order valence-electron chi connectivity index (χ2n) is 5.79. The maximum atomic E-state index is 9.25. The highest BCUT2D eigenvalue weighted by atomic mass is 16.3. The summed E-state index contributed by atoms with van der Waals surface area (Å²) in [4.78, 5) is 2.27. The van der Waals surface area contributed by atoms with Crippen molar-refractivity contribution in [2.75, 3.05) is 20.2 Å². The van der Waals surface area contributed by atoms with Crippen molar-refractivity contribution < 1.29 is 5.11 Å². The molecule has 0 heterocycles. The average molecular weight is 201 g/mol. The molecule has 0 aromatic rings. The number of likely N-dealkylation sites (N-methyl/N-ethyl adjacent to an activating group) is 1. The standard InChI is InChI=1S/C12H27NO/c1-10(2)11(9-14)13(6)8-7-12(3,4)5/h10-11,14H,7-9H2,1-6H3. The van der Waals surface area contributed by atoms with Crippen molar-refractivity contribution in [3.05, 3.63) is 0 Å². The number of nitrogens with zero attached hydrogens (tertiary/aromatic N) is 1. The van der Waals surface area contributed by atoms with Crippen LogP contribution in [0.15, 0.2) is 0 Å². The SMILES string of the molecule is CC(C)C(CO)N(C)CCC(C)(C)C. The number of aliphatic hydroxyl groups is 1. The Bertz CT molecular complexity index is 149. The van der Waals surface area contributed by atoms with Crippen LogP contribution in [0.4, 0.5) is 0 Å². The molecule has 1 unspecified atom stereocenters. The van der Waals surface area contributed by atoms with E-state index in [0.717, 1.165) is 6.54 Å². The number of hydrogen-bond acceptors (Lipinski definition) is 2. The summed E-state index contributed by atoms with van der Waals surface area (Å²) in [5.41, 5.74) is 0.380. The second-order valence-corrected chi connectivity index (χ2v) is 5.79. The third-order valence-electron chi connectivity index (χ3n) is 2.74. The maximum Gasteiger partial charge on any atom is 0.0589 e. The van der Waals surface area contributed by atoms with Gasteiger partial charge in [-0.05, 0) is 31.3 Å². The van der Waals surface area contributed by atoms with Gasteiger partial charge < -0.3 is 10.0 Å². The zero-order chi connectivity index (χ0) is 11.4. The lowest BCUT2D eigenvalue weighted by atomic mass is 9.91. The van der Waals surface area contributed by atoms with Crippen LogP contribution in [-0.4, -0.2) is 36.2 Å². The molecule has 1 atom stereocenters. The van der Waals surface area contributed by atoms with E-state index in [0.29, 0.717) is 17.4 Å². The van der Waals surface area contributed by atoms with E-state index >= 15 is 0 Å². The van der Waals surface area contributed by atoms with Crippen LogP contribution in [0.5, 0.6) is 0 Å². The minimum absolute atomic E-state index is 0.262. The van der Waals surface area contributed by atoms with Crippen molar-refractivity contribution in [2.24, 2.45) is 11.3 Å². The number of rotatable bonds is 5. The number of aliphatic hydroxyl groups excluding tert-OH is 1. The largest absolute Gasteiger partial charge is 0.395 e. The Balaban J connectivity index is 3.99. The first-order valence-electron chi connectivity index (χ1n) is 5.59. The van der Waals surface area contributed by atoms with E-state index in [2.05, 4.69) is 46.6 Å². The van der Waals surface area contributed by atoms with Crippen LogP contribution in [0.3, 0.4) is 0 Å². The maximum absolute atomic E-state index is 9.25. The molecule has 0 amide bonds. The minimum Gasteiger partial charge on any atom is -0.395 e. The smallest absolute Gasteiger partial charge is 0.0589 e. The zero-order valence-corrected chi connectivity index (χ0v) is 10.7. The Hall–Kier alpha value is -0.0800. The summed E-state index contributed by atoms with van der Waals surface area (Å²) in [5, 5.41) is 9.25. The van der Waals surface area contributed by atoms with Crippen molar-refractivity contribution in [3.63, 3.8) is 0 Å². The monoisotopic (exact) mass is 201 g/mol. The Morgan fingerprint density at radius 2 is 1.71 bits per heavy atom. The molecule has 0 saturated heterocycles. The molecule has 0 saturated carbocycles. The predicted molar refractivity (Wildman–Crippen MR) is 62.4 cm³/mol. The molecule has 1 N–H and O–H groups in total. The van der Waals surface area contributed by atoms with Crippen LogP contribution < -0.4 is 0 Å². The minimum atomic E-state index is 0.262. The van der Waals surface area contributed by atoms with Gasteiger partial charge in [-0.15, -0.1) is 0 Å². The van der Waals surface area contributed by atoms with E-state index < -0.39 is 0 Å². The van der Waals surface area contributed by atoms with Gasteiger partial charge in [-0.25, -0.2) is 0 Å². The molecule has 0 aliphatic rings. The summed E-state index contributed by atoms with van der Waals surface area (Å²) < 4.78 is 0. The first kappa shape index (κ1) is 13.9. The van der Waals surface area contributed by atoms with Gasteiger partial charge in [0.05, 0.1) is 6.61 Å². The molecule has 0 fully saturated rings. The fourth-order valence-corrected chi connectivity index (χ4v) is 1.54. The molecule has 0 bridgehead atoms. The van der Waals surface area contributed by atoms with E-state index in [4.69, 9.17) is 0 Å². The molecule has 0 aromatic carbocycles. The normalized spacial score (nSPS) is 15.2. The van der Waals surface area contributed by atoms with Gasteiger partial charge in [-0.3, -0.25) is 0 Å². The molecule has 0 aliphatic heterocycles. The Morgan fingerprint density at radius 3 is 2.00 bits per heavy atom.